The molecule has 1 atom stereocenters. The summed E-state index contributed by atoms with van der Waals surface area (Å²) in [6, 6.07) is 0. The predicted molar refractivity (Wildman–Crippen MR) is 93.1 cm³/mol. The highest BCUT2D eigenvalue weighted by atomic mass is 16.6. The van der Waals surface area contributed by atoms with E-state index < -0.39 is 11.2 Å². The van der Waals surface area contributed by atoms with E-state index in [4.69, 9.17) is 9.47 Å². The molecular weight excluding hydrogens is 324 g/mol. The fraction of sp³-hybridized carbons (Fsp3) is 0.889. The van der Waals surface area contributed by atoms with E-state index in [2.05, 4.69) is 5.32 Å². The zero-order valence-electron chi connectivity index (χ0n) is 15.8. The Morgan fingerprint density at radius 1 is 1.32 bits per heavy atom. The minimum absolute atomic E-state index is 0.0873. The molecule has 7 nitrogen and oxygen atoms in total. The Morgan fingerprint density at radius 3 is 2.60 bits per heavy atom. The van der Waals surface area contributed by atoms with Gasteiger partial charge < -0.3 is 24.8 Å². The van der Waals surface area contributed by atoms with Gasteiger partial charge in [-0.25, -0.2) is 4.79 Å². The van der Waals surface area contributed by atoms with Gasteiger partial charge in [-0.3, -0.25) is 4.79 Å². The SMILES string of the molecule is CCOC1CC(O)(CNC(=O)[C@@H]2CCCN(C(=O)OC(C)(C)C)C2)C1. The molecule has 0 radical (unpaired) electrons. The fourth-order valence-electron chi connectivity index (χ4n) is 3.37. The van der Waals surface area contributed by atoms with Crippen LogP contribution in [0.3, 0.4) is 0 Å². The van der Waals surface area contributed by atoms with Crippen molar-refractivity contribution < 1.29 is 24.2 Å². The highest BCUT2D eigenvalue weighted by molar-refractivity contribution is 5.80. The molecule has 1 saturated heterocycles. The molecule has 7 heteroatoms. The molecular formula is C18H32N2O5. The number of nitrogens with one attached hydrogen (secondary N) is 1. The highest BCUT2D eigenvalue weighted by Gasteiger charge is 2.43. The van der Waals surface area contributed by atoms with Crippen molar-refractivity contribution >= 4 is 12.0 Å². The van der Waals surface area contributed by atoms with Crippen molar-refractivity contribution in [3.63, 3.8) is 0 Å². The van der Waals surface area contributed by atoms with Crippen LogP contribution in [-0.2, 0) is 14.3 Å². The summed E-state index contributed by atoms with van der Waals surface area (Å²) in [6.45, 7) is 9.25. The number of piperidine rings is 1. The highest BCUT2D eigenvalue weighted by Crippen LogP contribution is 2.34. The molecule has 144 valence electrons. The second-order valence-electron chi connectivity index (χ2n) is 8.19. The number of ether oxygens (including phenoxy) is 2. The third-order valence-electron chi connectivity index (χ3n) is 4.65. The number of hydrogen-bond donors (Lipinski definition) is 2. The van der Waals surface area contributed by atoms with E-state index in [1.807, 2.05) is 27.7 Å². The van der Waals surface area contributed by atoms with Crippen molar-refractivity contribution in [2.24, 2.45) is 5.92 Å². The van der Waals surface area contributed by atoms with Crippen LogP contribution in [0.2, 0.25) is 0 Å². The summed E-state index contributed by atoms with van der Waals surface area (Å²) < 4.78 is 10.8. The van der Waals surface area contributed by atoms with Crippen LogP contribution in [0, 0.1) is 5.92 Å². The van der Waals surface area contributed by atoms with Crippen LogP contribution >= 0.6 is 0 Å². The number of amides is 2. The van der Waals surface area contributed by atoms with Gasteiger partial charge in [-0.2, -0.15) is 0 Å². The van der Waals surface area contributed by atoms with Gasteiger partial charge >= 0.3 is 6.09 Å². The molecule has 2 rings (SSSR count). The first kappa shape index (κ1) is 20.0. The molecule has 2 fully saturated rings. The molecule has 1 aliphatic carbocycles. The maximum absolute atomic E-state index is 12.4. The average Bonchev–Trinajstić information content (AvgIpc) is 2.50. The summed E-state index contributed by atoms with van der Waals surface area (Å²) in [6.07, 6.45) is 2.33. The third-order valence-corrected chi connectivity index (χ3v) is 4.65. The lowest BCUT2D eigenvalue weighted by Gasteiger charge is -2.43. The maximum atomic E-state index is 12.4. The lowest BCUT2D eigenvalue weighted by atomic mass is 9.77. The number of nitrogens with zero attached hydrogens (tertiary/aromatic N) is 1. The number of rotatable bonds is 5. The smallest absolute Gasteiger partial charge is 0.410 e. The quantitative estimate of drug-likeness (QED) is 0.782. The number of carbonyl (C=O) groups excluding carboxylic acids is 2. The van der Waals surface area contributed by atoms with E-state index in [-0.39, 0.29) is 30.6 Å². The van der Waals surface area contributed by atoms with Crippen LogP contribution in [0.5, 0.6) is 0 Å². The maximum Gasteiger partial charge on any atom is 0.410 e. The van der Waals surface area contributed by atoms with Crippen molar-refractivity contribution in [3.05, 3.63) is 0 Å². The monoisotopic (exact) mass is 356 g/mol. The summed E-state index contributed by atoms with van der Waals surface area (Å²) in [5.41, 5.74) is -1.41. The van der Waals surface area contributed by atoms with Gasteiger partial charge in [0.15, 0.2) is 0 Å². The summed E-state index contributed by atoms with van der Waals surface area (Å²) in [7, 11) is 0. The van der Waals surface area contributed by atoms with Gasteiger partial charge in [-0.15, -0.1) is 0 Å². The first-order valence-corrected chi connectivity index (χ1v) is 9.21. The topological polar surface area (TPSA) is 88.1 Å². The van der Waals surface area contributed by atoms with Crippen LogP contribution in [0.15, 0.2) is 0 Å². The summed E-state index contributed by atoms with van der Waals surface area (Å²) in [5.74, 6) is -0.367. The summed E-state index contributed by atoms with van der Waals surface area (Å²) in [4.78, 5) is 26.2. The van der Waals surface area contributed by atoms with Crippen LogP contribution < -0.4 is 5.32 Å². The van der Waals surface area contributed by atoms with Gasteiger partial charge in [0.1, 0.15) is 5.60 Å². The molecule has 0 aromatic heterocycles. The first-order chi connectivity index (χ1) is 11.6. The van der Waals surface area contributed by atoms with E-state index in [9.17, 15) is 14.7 Å². The standard InChI is InChI=1S/C18H32N2O5/c1-5-24-14-9-18(23,10-14)12-19-15(21)13-7-6-8-20(11-13)16(22)25-17(2,3)4/h13-14,23H,5-12H2,1-4H3,(H,19,21)/t13-,14?,18?/m1/s1. The van der Waals surface area contributed by atoms with Crippen molar-refractivity contribution in [3.8, 4) is 0 Å². The minimum atomic E-state index is -0.866. The summed E-state index contributed by atoms with van der Waals surface area (Å²) >= 11 is 0. The van der Waals surface area contributed by atoms with E-state index in [1.165, 1.54) is 0 Å². The van der Waals surface area contributed by atoms with Gasteiger partial charge in [0.2, 0.25) is 5.91 Å². The molecule has 0 unspecified atom stereocenters. The van der Waals surface area contributed by atoms with E-state index in [1.54, 1.807) is 4.90 Å². The third kappa shape index (κ3) is 5.85. The zero-order chi connectivity index (χ0) is 18.7. The van der Waals surface area contributed by atoms with Gasteiger partial charge in [0.25, 0.3) is 0 Å². The number of hydrogen-bond acceptors (Lipinski definition) is 5. The Hall–Kier alpha value is -1.34. The second-order valence-corrected chi connectivity index (χ2v) is 8.19. The molecule has 0 aromatic rings. The molecule has 25 heavy (non-hydrogen) atoms. The van der Waals surface area contributed by atoms with Crippen LogP contribution in [0.4, 0.5) is 4.79 Å². The number of aliphatic hydroxyl groups is 1. The van der Waals surface area contributed by atoms with Gasteiger partial charge in [0.05, 0.1) is 17.6 Å². The lowest BCUT2D eigenvalue weighted by molar-refractivity contribution is -0.143. The van der Waals surface area contributed by atoms with E-state index in [0.717, 1.165) is 12.8 Å². The normalized spacial score (nSPS) is 29.7. The largest absolute Gasteiger partial charge is 0.444 e. The molecule has 1 saturated carbocycles. The predicted octanol–water partition coefficient (Wildman–Crippen LogP) is 1.68. The van der Waals surface area contributed by atoms with Gasteiger partial charge in [0, 0.05) is 39.1 Å². The Labute approximate surface area is 150 Å². The van der Waals surface area contributed by atoms with Crippen molar-refractivity contribution in [2.75, 3.05) is 26.2 Å². The average molecular weight is 356 g/mol. The van der Waals surface area contributed by atoms with E-state index >= 15 is 0 Å². The van der Waals surface area contributed by atoms with Crippen molar-refractivity contribution in [1.82, 2.24) is 10.2 Å². The molecule has 0 aromatic carbocycles. The van der Waals surface area contributed by atoms with E-state index in [0.29, 0.717) is 32.5 Å². The number of likely N-dealkylation sites (tertiary alicyclic amines) is 1. The van der Waals surface area contributed by atoms with Gasteiger partial charge in [-0.1, -0.05) is 0 Å². The molecule has 1 aliphatic heterocycles. The molecule has 2 amide bonds. The van der Waals surface area contributed by atoms with Crippen molar-refractivity contribution in [2.45, 2.75) is 70.7 Å². The molecule has 2 N–H and O–H groups in total. The molecule has 2 aliphatic rings. The molecule has 0 bridgehead atoms. The second kappa shape index (κ2) is 7.91. The minimum Gasteiger partial charge on any atom is -0.444 e. The first-order valence-electron chi connectivity index (χ1n) is 9.21. The van der Waals surface area contributed by atoms with Gasteiger partial charge in [-0.05, 0) is 40.5 Å². The molecule has 0 spiro atoms. The molecule has 1 heterocycles. The Bertz CT molecular complexity index is 482. The Kier molecular flexibility index (Phi) is 6.32. The van der Waals surface area contributed by atoms with Crippen LogP contribution in [-0.4, -0.2) is 65.6 Å². The zero-order valence-corrected chi connectivity index (χ0v) is 15.8. The van der Waals surface area contributed by atoms with Crippen molar-refractivity contribution in [1.29, 1.82) is 0 Å². The summed E-state index contributed by atoms with van der Waals surface area (Å²) in [5, 5.41) is 13.2. The van der Waals surface area contributed by atoms with Crippen LogP contribution in [0.1, 0.15) is 53.4 Å². The Morgan fingerprint density at radius 2 is 2.00 bits per heavy atom. The Balaban J connectivity index is 1.77. The fourth-order valence-corrected chi connectivity index (χ4v) is 3.37. The number of carbonyl (C=O) groups is 2. The lowest BCUT2D eigenvalue weighted by Crippen LogP contribution is -2.56. The van der Waals surface area contributed by atoms with Crippen LogP contribution in [0.25, 0.3) is 0 Å².